The normalized spacial score (nSPS) is 10.6. The van der Waals surface area contributed by atoms with Crippen molar-refractivity contribution in [3.05, 3.63) is 101 Å². The van der Waals surface area contributed by atoms with E-state index in [4.69, 9.17) is 4.98 Å². The Morgan fingerprint density at radius 1 is 1.06 bits per heavy atom. The monoisotopic (exact) mass is 470 g/mol. The Bertz CT molecular complexity index is 1290. The van der Waals surface area contributed by atoms with E-state index in [1.807, 2.05) is 84.6 Å². The molecule has 0 saturated carbocycles. The Hall–Kier alpha value is -3.97. The summed E-state index contributed by atoms with van der Waals surface area (Å²) < 4.78 is 1.85. The van der Waals surface area contributed by atoms with Crippen molar-refractivity contribution in [1.82, 2.24) is 14.5 Å². The highest BCUT2D eigenvalue weighted by Crippen LogP contribution is 2.25. The first kappa shape index (κ1) is 23.2. The fourth-order valence-corrected chi connectivity index (χ4v) is 4.19. The highest BCUT2D eigenvalue weighted by atomic mass is 32.1. The van der Waals surface area contributed by atoms with E-state index >= 15 is 0 Å². The van der Waals surface area contributed by atoms with Gasteiger partial charge in [-0.25, -0.2) is 4.98 Å². The van der Waals surface area contributed by atoms with Crippen LogP contribution in [-0.4, -0.2) is 39.4 Å². The number of carbonyl (C=O) groups is 2. The van der Waals surface area contributed by atoms with Gasteiger partial charge in [0.25, 0.3) is 5.91 Å². The number of aromatic nitrogens is 2. The number of imidazole rings is 1. The average Bonchev–Trinajstić information content (AvgIpc) is 3.50. The van der Waals surface area contributed by atoms with Crippen molar-refractivity contribution < 1.29 is 9.59 Å². The first-order valence-corrected chi connectivity index (χ1v) is 11.8. The standard InChI is InChI=1S/C27H26N4O2S/c1-4-15-30(26(33)24-6-5-16-34-24)18-25(32)29-27-28-23(21-11-7-19(2)8-12-21)17-31(27)22-13-9-20(3)10-14-22/h4-14,16-17H,1,15,18H2,2-3H3,(H,28,29,32). The van der Waals surface area contributed by atoms with Gasteiger partial charge in [0.2, 0.25) is 11.9 Å². The first-order valence-electron chi connectivity index (χ1n) is 10.9. The highest BCUT2D eigenvalue weighted by Gasteiger charge is 2.20. The second-order valence-corrected chi connectivity index (χ2v) is 8.97. The third-order valence-electron chi connectivity index (χ3n) is 5.32. The van der Waals surface area contributed by atoms with Gasteiger partial charge >= 0.3 is 0 Å². The van der Waals surface area contributed by atoms with Crippen LogP contribution in [0.3, 0.4) is 0 Å². The van der Waals surface area contributed by atoms with Crippen molar-refractivity contribution >= 4 is 29.1 Å². The van der Waals surface area contributed by atoms with Crippen LogP contribution >= 0.6 is 11.3 Å². The molecule has 0 aliphatic heterocycles. The van der Waals surface area contributed by atoms with Crippen molar-refractivity contribution in [2.45, 2.75) is 13.8 Å². The second-order valence-electron chi connectivity index (χ2n) is 8.02. The Kier molecular flexibility index (Phi) is 7.04. The summed E-state index contributed by atoms with van der Waals surface area (Å²) in [6.07, 6.45) is 3.52. The van der Waals surface area contributed by atoms with Crippen LogP contribution in [0.2, 0.25) is 0 Å². The SMILES string of the molecule is C=CCN(CC(=O)Nc1nc(-c2ccc(C)cc2)cn1-c1ccc(C)cc1)C(=O)c1cccs1. The molecule has 2 aromatic heterocycles. The van der Waals surface area contributed by atoms with E-state index in [-0.39, 0.29) is 24.9 Å². The second kappa shape index (κ2) is 10.3. The molecular weight excluding hydrogens is 444 g/mol. The van der Waals surface area contributed by atoms with Crippen LogP contribution in [0.1, 0.15) is 20.8 Å². The Morgan fingerprint density at radius 2 is 1.74 bits per heavy atom. The number of nitrogens with zero attached hydrogens (tertiary/aromatic N) is 3. The summed E-state index contributed by atoms with van der Waals surface area (Å²) in [6.45, 7) is 7.94. The van der Waals surface area contributed by atoms with Crippen LogP contribution in [0.4, 0.5) is 5.95 Å². The largest absolute Gasteiger partial charge is 0.325 e. The van der Waals surface area contributed by atoms with Crippen LogP contribution in [0.25, 0.3) is 16.9 Å². The zero-order valence-electron chi connectivity index (χ0n) is 19.2. The van der Waals surface area contributed by atoms with E-state index in [1.54, 1.807) is 12.1 Å². The number of thiophene rings is 1. The van der Waals surface area contributed by atoms with Crippen molar-refractivity contribution in [3.63, 3.8) is 0 Å². The van der Waals surface area contributed by atoms with Gasteiger partial charge in [-0.2, -0.15) is 0 Å². The molecule has 0 aliphatic rings. The molecule has 0 aliphatic carbocycles. The summed E-state index contributed by atoms with van der Waals surface area (Å²) in [5.74, 6) is -0.139. The number of anilines is 1. The summed E-state index contributed by atoms with van der Waals surface area (Å²) in [5.41, 5.74) is 4.87. The number of rotatable bonds is 8. The molecule has 0 unspecified atom stereocenters. The predicted molar refractivity (Wildman–Crippen MR) is 138 cm³/mol. The third-order valence-corrected chi connectivity index (χ3v) is 6.18. The maximum absolute atomic E-state index is 13.0. The van der Waals surface area contributed by atoms with E-state index in [2.05, 4.69) is 11.9 Å². The minimum atomic E-state index is -0.332. The summed E-state index contributed by atoms with van der Waals surface area (Å²) >= 11 is 1.35. The molecule has 4 rings (SSSR count). The third kappa shape index (κ3) is 5.32. The molecular formula is C27H26N4O2S. The molecule has 0 fully saturated rings. The molecule has 172 valence electrons. The van der Waals surface area contributed by atoms with Gasteiger partial charge in [-0.1, -0.05) is 59.7 Å². The number of hydrogen-bond donors (Lipinski definition) is 1. The lowest BCUT2D eigenvalue weighted by Crippen LogP contribution is -2.38. The minimum Gasteiger partial charge on any atom is -0.325 e. The van der Waals surface area contributed by atoms with Crippen molar-refractivity contribution in [3.8, 4) is 16.9 Å². The predicted octanol–water partition coefficient (Wildman–Crippen LogP) is 5.48. The fourth-order valence-electron chi connectivity index (χ4n) is 3.50. The maximum Gasteiger partial charge on any atom is 0.264 e. The van der Waals surface area contributed by atoms with Gasteiger partial charge in [-0.15, -0.1) is 17.9 Å². The molecule has 0 spiro atoms. The Labute approximate surface area is 203 Å². The average molecular weight is 471 g/mol. The zero-order valence-corrected chi connectivity index (χ0v) is 20.0. The van der Waals surface area contributed by atoms with Crippen LogP contribution in [-0.2, 0) is 4.79 Å². The molecule has 2 aromatic carbocycles. The first-order chi connectivity index (χ1) is 16.4. The minimum absolute atomic E-state index is 0.108. The summed E-state index contributed by atoms with van der Waals surface area (Å²) in [6, 6.07) is 19.6. The lowest BCUT2D eigenvalue weighted by atomic mass is 10.1. The maximum atomic E-state index is 13.0. The van der Waals surface area contributed by atoms with E-state index in [0.717, 1.165) is 28.1 Å². The molecule has 6 nitrogen and oxygen atoms in total. The molecule has 2 heterocycles. The molecule has 1 N–H and O–H groups in total. The summed E-state index contributed by atoms with van der Waals surface area (Å²) in [5, 5.41) is 4.74. The highest BCUT2D eigenvalue weighted by molar-refractivity contribution is 7.12. The lowest BCUT2D eigenvalue weighted by Gasteiger charge is -2.20. The number of nitrogens with one attached hydrogen (secondary N) is 1. The van der Waals surface area contributed by atoms with Crippen LogP contribution in [0, 0.1) is 13.8 Å². The molecule has 7 heteroatoms. The van der Waals surface area contributed by atoms with Gasteiger partial charge in [0.05, 0.1) is 10.6 Å². The van der Waals surface area contributed by atoms with E-state index in [0.29, 0.717) is 10.8 Å². The van der Waals surface area contributed by atoms with E-state index in [1.165, 1.54) is 16.2 Å². The van der Waals surface area contributed by atoms with Crippen molar-refractivity contribution in [2.24, 2.45) is 0 Å². The van der Waals surface area contributed by atoms with Crippen LogP contribution in [0.5, 0.6) is 0 Å². The van der Waals surface area contributed by atoms with Gasteiger partial charge in [-0.3, -0.25) is 19.5 Å². The summed E-state index contributed by atoms with van der Waals surface area (Å²) in [7, 11) is 0. The molecule has 2 amide bonds. The number of aryl methyl sites for hydroxylation is 2. The van der Waals surface area contributed by atoms with E-state index in [9.17, 15) is 9.59 Å². The molecule has 34 heavy (non-hydrogen) atoms. The number of hydrogen-bond acceptors (Lipinski definition) is 4. The van der Waals surface area contributed by atoms with Gasteiger partial charge in [0, 0.05) is 24.0 Å². The summed E-state index contributed by atoms with van der Waals surface area (Å²) in [4.78, 5) is 32.6. The van der Waals surface area contributed by atoms with Crippen LogP contribution < -0.4 is 5.32 Å². The molecule has 0 bridgehead atoms. The van der Waals surface area contributed by atoms with Gasteiger partial charge in [0.15, 0.2) is 0 Å². The zero-order chi connectivity index (χ0) is 24.1. The van der Waals surface area contributed by atoms with Crippen molar-refractivity contribution in [2.75, 3.05) is 18.4 Å². The number of carbonyl (C=O) groups excluding carboxylic acids is 2. The van der Waals surface area contributed by atoms with E-state index < -0.39 is 0 Å². The van der Waals surface area contributed by atoms with Crippen molar-refractivity contribution in [1.29, 1.82) is 0 Å². The van der Waals surface area contributed by atoms with Gasteiger partial charge in [0.1, 0.15) is 6.54 Å². The van der Waals surface area contributed by atoms with Gasteiger partial charge < -0.3 is 4.90 Å². The molecule has 4 aromatic rings. The quantitative estimate of drug-likeness (QED) is 0.347. The lowest BCUT2D eigenvalue weighted by molar-refractivity contribution is -0.116. The molecule has 0 saturated heterocycles. The Morgan fingerprint density at radius 3 is 2.35 bits per heavy atom. The molecule has 0 radical (unpaired) electrons. The van der Waals surface area contributed by atoms with Crippen LogP contribution in [0.15, 0.2) is 84.9 Å². The molecule has 0 atom stereocenters. The Balaban J connectivity index is 1.61. The van der Waals surface area contributed by atoms with Gasteiger partial charge in [-0.05, 0) is 37.4 Å². The topological polar surface area (TPSA) is 67.2 Å². The number of amides is 2. The smallest absolute Gasteiger partial charge is 0.264 e. The fraction of sp³-hybridized carbons (Fsp3) is 0.148. The number of benzene rings is 2.